The number of benzene rings is 3. The minimum atomic E-state index is -0.0620. The molecular formula is C29H30ClN3O. The number of carbonyl (C=O) groups excluding carboxylic acids is 1. The van der Waals surface area contributed by atoms with Gasteiger partial charge in [-0.25, -0.2) is 0 Å². The van der Waals surface area contributed by atoms with Gasteiger partial charge in [0.15, 0.2) is 0 Å². The lowest BCUT2D eigenvalue weighted by atomic mass is 9.87. The number of amides is 1. The Bertz CT molecular complexity index is 1240. The number of fused-ring (bicyclic) bond motifs is 1. The van der Waals surface area contributed by atoms with Crippen LogP contribution in [-0.4, -0.2) is 34.9 Å². The van der Waals surface area contributed by atoms with Crippen LogP contribution < -0.4 is 5.32 Å². The molecule has 1 fully saturated rings. The van der Waals surface area contributed by atoms with E-state index in [9.17, 15) is 4.79 Å². The summed E-state index contributed by atoms with van der Waals surface area (Å²) in [6, 6.07) is 26.9. The highest BCUT2D eigenvalue weighted by Crippen LogP contribution is 2.34. The highest BCUT2D eigenvalue weighted by molar-refractivity contribution is 6.30. The molecule has 1 saturated heterocycles. The van der Waals surface area contributed by atoms with Crippen LogP contribution in [0.15, 0.2) is 85.1 Å². The molecule has 5 heteroatoms. The summed E-state index contributed by atoms with van der Waals surface area (Å²) in [5, 5.41) is 5.16. The lowest BCUT2D eigenvalue weighted by Crippen LogP contribution is -2.44. The van der Waals surface area contributed by atoms with E-state index in [1.807, 2.05) is 36.5 Å². The van der Waals surface area contributed by atoms with Gasteiger partial charge in [0.1, 0.15) is 0 Å². The standard InChI is InChI=1S/C29H30ClN3O/c30-23-10-6-9-22(17-23)26(27-19-31-28-12-5-4-11-25(27)28)18-29(34)32-24-13-15-33(16-14-24)20-21-7-2-1-3-8-21/h1-12,17,19,24,26,31H,13-16,18,20H2,(H,32,34). The molecule has 5 rings (SSSR count). The van der Waals surface area contributed by atoms with Crippen LogP contribution in [0.3, 0.4) is 0 Å². The second kappa shape index (κ2) is 10.5. The molecule has 1 atom stereocenters. The van der Waals surface area contributed by atoms with Crippen LogP contribution in [0, 0.1) is 0 Å². The first-order valence-corrected chi connectivity index (χ1v) is 12.4. The number of nitrogens with zero attached hydrogens (tertiary/aromatic N) is 1. The van der Waals surface area contributed by atoms with E-state index in [0.717, 1.165) is 54.5 Å². The Hall–Kier alpha value is -3.08. The minimum Gasteiger partial charge on any atom is -0.361 e. The average Bonchev–Trinajstić information content (AvgIpc) is 3.28. The largest absolute Gasteiger partial charge is 0.361 e. The fourth-order valence-corrected chi connectivity index (χ4v) is 5.26. The van der Waals surface area contributed by atoms with Gasteiger partial charge in [0.25, 0.3) is 0 Å². The van der Waals surface area contributed by atoms with Crippen LogP contribution in [0.2, 0.25) is 5.02 Å². The van der Waals surface area contributed by atoms with Gasteiger partial charge in [-0.3, -0.25) is 9.69 Å². The number of likely N-dealkylation sites (tertiary alicyclic amines) is 1. The molecule has 3 aromatic carbocycles. The number of H-pyrrole nitrogens is 1. The molecule has 0 bridgehead atoms. The fourth-order valence-electron chi connectivity index (χ4n) is 5.06. The molecule has 1 unspecified atom stereocenters. The van der Waals surface area contributed by atoms with E-state index < -0.39 is 0 Å². The number of aromatic amines is 1. The third kappa shape index (κ3) is 5.35. The van der Waals surface area contributed by atoms with Crippen molar-refractivity contribution in [2.75, 3.05) is 13.1 Å². The first kappa shape index (κ1) is 22.7. The molecule has 0 aliphatic carbocycles. The maximum absolute atomic E-state index is 13.2. The van der Waals surface area contributed by atoms with Gasteiger partial charge in [-0.1, -0.05) is 72.3 Å². The Balaban J connectivity index is 1.25. The summed E-state index contributed by atoms with van der Waals surface area (Å²) in [6.07, 6.45) is 4.39. The SMILES string of the molecule is O=C(CC(c1cccc(Cl)c1)c1c[nH]c2ccccc12)NC1CCN(Cc2ccccc2)CC1. The van der Waals surface area contributed by atoms with Crippen molar-refractivity contribution in [1.82, 2.24) is 15.2 Å². The third-order valence-corrected chi connectivity index (χ3v) is 7.07. The Kier molecular flexibility index (Phi) is 6.98. The predicted molar refractivity (Wildman–Crippen MR) is 139 cm³/mol. The molecule has 0 saturated carbocycles. The molecule has 2 heterocycles. The number of hydrogen-bond donors (Lipinski definition) is 2. The molecule has 1 aliphatic rings. The molecule has 1 aromatic heterocycles. The van der Waals surface area contributed by atoms with E-state index in [1.54, 1.807) is 0 Å². The van der Waals surface area contributed by atoms with Gasteiger partial charge in [0, 0.05) is 60.1 Å². The van der Waals surface area contributed by atoms with Crippen molar-refractivity contribution in [3.63, 3.8) is 0 Å². The Morgan fingerprint density at radius 3 is 2.56 bits per heavy atom. The second-order valence-electron chi connectivity index (χ2n) is 9.20. The quantitative estimate of drug-likeness (QED) is 0.341. The van der Waals surface area contributed by atoms with E-state index in [2.05, 4.69) is 63.7 Å². The van der Waals surface area contributed by atoms with Crippen LogP contribution in [-0.2, 0) is 11.3 Å². The average molecular weight is 472 g/mol. The van der Waals surface area contributed by atoms with Crippen LogP contribution in [0.25, 0.3) is 10.9 Å². The van der Waals surface area contributed by atoms with Gasteiger partial charge in [-0.05, 0) is 47.7 Å². The van der Waals surface area contributed by atoms with E-state index in [4.69, 9.17) is 11.6 Å². The molecule has 0 spiro atoms. The molecule has 2 N–H and O–H groups in total. The van der Waals surface area contributed by atoms with Gasteiger partial charge in [-0.2, -0.15) is 0 Å². The summed E-state index contributed by atoms with van der Waals surface area (Å²) in [7, 11) is 0. The zero-order valence-electron chi connectivity index (χ0n) is 19.2. The van der Waals surface area contributed by atoms with Crippen molar-refractivity contribution in [2.24, 2.45) is 0 Å². The predicted octanol–water partition coefficient (Wildman–Crippen LogP) is 6.12. The lowest BCUT2D eigenvalue weighted by molar-refractivity contribution is -0.122. The number of nitrogens with one attached hydrogen (secondary N) is 2. The van der Waals surface area contributed by atoms with E-state index in [-0.39, 0.29) is 17.9 Å². The summed E-state index contributed by atoms with van der Waals surface area (Å²) in [5.41, 5.74) is 4.61. The van der Waals surface area contributed by atoms with Crippen LogP contribution >= 0.6 is 11.6 Å². The van der Waals surface area contributed by atoms with Gasteiger partial charge < -0.3 is 10.3 Å². The first-order chi connectivity index (χ1) is 16.7. The smallest absolute Gasteiger partial charge is 0.221 e. The van der Waals surface area contributed by atoms with Crippen molar-refractivity contribution in [3.05, 3.63) is 107 Å². The van der Waals surface area contributed by atoms with Gasteiger partial charge in [0.2, 0.25) is 5.91 Å². The number of piperidine rings is 1. The Morgan fingerprint density at radius 1 is 1.00 bits per heavy atom. The maximum atomic E-state index is 13.2. The molecule has 1 amide bonds. The zero-order valence-corrected chi connectivity index (χ0v) is 20.0. The molecule has 4 aromatic rings. The zero-order chi connectivity index (χ0) is 23.3. The summed E-state index contributed by atoms with van der Waals surface area (Å²) >= 11 is 6.32. The summed E-state index contributed by atoms with van der Waals surface area (Å²) in [6.45, 7) is 2.97. The van der Waals surface area contributed by atoms with E-state index in [1.165, 1.54) is 5.56 Å². The summed E-state index contributed by atoms with van der Waals surface area (Å²) in [5.74, 6) is 0.0322. The Labute approximate surface area is 205 Å². The number of halogens is 1. The second-order valence-corrected chi connectivity index (χ2v) is 9.64. The Morgan fingerprint density at radius 2 is 1.76 bits per heavy atom. The molecule has 1 aliphatic heterocycles. The van der Waals surface area contributed by atoms with E-state index in [0.29, 0.717) is 11.4 Å². The molecular weight excluding hydrogens is 442 g/mol. The highest BCUT2D eigenvalue weighted by atomic mass is 35.5. The van der Waals surface area contributed by atoms with Crippen molar-refractivity contribution < 1.29 is 4.79 Å². The molecule has 4 nitrogen and oxygen atoms in total. The number of hydrogen-bond acceptors (Lipinski definition) is 2. The van der Waals surface area contributed by atoms with E-state index >= 15 is 0 Å². The number of carbonyl (C=O) groups is 1. The monoisotopic (exact) mass is 471 g/mol. The third-order valence-electron chi connectivity index (χ3n) is 6.84. The first-order valence-electron chi connectivity index (χ1n) is 12.0. The van der Waals surface area contributed by atoms with Gasteiger partial charge >= 0.3 is 0 Å². The van der Waals surface area contributed by atoms with Crippen LogP contribution in [0.4, 0.5) is 0 Å². The summed E-state index contributed by atoms with van der Waals surface area (Å²) in [4.78, 5) is 19.0. The van der Waals surface area contributed by atoms with Crippen LogP contribution in [0.5, 0.6) is 0 Å². The van der Waals surface area contributed by atoms with Gasteiger partial charge in [0.05, 0.1) is 0 Å². The van der Waals surface area contributed by atoms with Crippen molar-refractivity contribution >= 4 is 28.4 Å². The molecule has 34 heavy (non-hydrogen) atoms. The minimum absolute atomic E-state index is 0.0620. The number of para-hydroxylation sites is 1. The fraction of sp³-hybridized carbons (Fsp3) is 0.276. The van der Waals surface area contributed by atoms with Gasteiger partial charge in [-0.15, -0.1) is 0 Å². The van der Waals surface area contributed by atoms with Crippen molar-refractivity contribution in [1.29, 1.82) is 0 Å². The van der Waals surface area contributed by atoms with Crippen molar-refractivity contribution in [2.45, 2.75) is 37.8 Å². The van der Waals surface area contributed by atoms with Crippen molar-refractivity contribution in [3.8, 4) is 0 Å². The number of rotatable bonds is 7. The lowest BCUT2D eigenvalue weighted by Gasteiger charge is -2.32. The molecule has 0 radical (unpaired) electrons. The van der Waals surface area contributed by atoms with Crippen LogP contribution in [0.1, 0.15) is 41.9 Å². The normalized spacial score (nSPS) is 15.9. The maximum Gasteiger partial charge on any atom is 0.221 e. The topological polar surface area (TPSA) is 48.1 Å². The highest BCUT2D eigenvalue weighted by Gasteiger charge is 2.25. The number of aromatic nitrogens is 1. The summed E-state index contributed by atoms with van der Waals surface area (Å²) < 4.78 is 0. The molecule has 174 valence electrons.